The number of carboxylic acid groups (broad SMARTS) is 1. The molecule has 2 nitrogen and oxygen atoms in total. The summed E-state index contributed by atoms with van der Waals surface area (Å²) in [6.45, 7) is 0. The molecule has 0 amide bonds. The lowest BCUT2D eigenvalue weighted by molar-refractivity contribution is -0.137. The molecule has 0 aliphatic carbocycles. The van der Waals surface area contributed by atoms with Crippen LogP contribution in [-0.2, 0) is 11.2 Å². The molecule has 0 heterocycles. The molecule has 0 saturated heterocycles. The van der Waals surface area contributed by atoms with E-state index in [1.165, 1.54) is 0 Å². The summed E-state index contributed by atoms with van der Waals surface area (Å²) in [5.74, 6) is -3.60. The third kappa shape index (κ3) is 4.46. The van der Waals surface area contributed by atoms with Gasteiger partial charge >= 0.3 is 5.97 Å². The second kappa shape index (κ2) is 6.27. The van der Waals surface area contributed by atoms with Gasteiger partial charge < -0.3 is 5.11 Å². The molecule has 1 N–H and O–H groups in total. The maximum atomic E-state index is 13.2. The number of carbonyl (C=O) groups is 1. The van der Waals surface area contributed by atoms with Crippen molar-refractivity contribution in [3.8, 4) is 0 Å². The van der Waals surface area contributed by atoms with Gasteiger partial charge in [-0.1, -0.05) is 6.42 Å². The summed E-state index contributed by atoms with van der Waals surface area (Å²) in [4.78, 5) is 10.2. The predicted octanol–water partition coefficient (Wildman–Crippen LogP) is 3.29. The molecule has 94 valence electrons. The Morgan fingerprint density at radius 2 is 1.65 bits per heavy atom. The summed E-state index contributed by atoms with van der Waals surface area (Å²) >= 11 is 0. The molecule has 1 aromatic carbocycles. The van der Waals surface area contributed by atoms with Crippen LogP contribution in [0.25, 0.3) is 0 Å². The third-order valence-corrected chi connectivity index (χ3v) is 2.42. The van der Waals surface area contributed by atoms with E-state index in [1.807, 2.05) is 0 Å². The van der Waals surface area contributed by atoms with Crippen LogP contribution in [0.5, 0.6) is 0 Å². The molecule has 0 unspecified atom stereocenters. The Morgan fingerprint density at radius 1 is 1.06 bits per heavy atom. The van der Waals surface area contributed by atoms with E-state index in [-0.39, 0.29) is 18.4 Å². The minimum absolute atomic E-state index is 0.0500. The van der Waals surface area contributed by atoms with E-state index in [0.29, 0.717) is 31.4 Å². The number of hydrogen-bond donors (Lipinski definition) is 1. The topological polar surface area (TPSA) is 37.3 Å². The molecule has 0 aromatic heterocycles. The van der Waals surface area contributed by atoms with E-state index >= 15 is 0 Å². The van der Waals surface area contributed by atoms with Crippen LogP contribution in [0.1, 0.15) is 31.2 Å². The van der Waals surface area contributed by atoms with E-state index in [9.17, 15) is 18.0 Å². The molecule has 1 aromatic rings. The van der Waals surface area contributed by atoms with Gasteiger partial charge in [0, 0.05) is 24.1 Å². The molecular formula is C12H13F3O2. The Morgan fingerprint density at radius 3 is 2.18 bits per heavy atom. The number of halogens is 3. The minimum Gasteiger partial charge on any atom is -0.481 e. The first-order valence-corrected chi connectivity index (χ1v) is 5.36. The zero-order chi connectivity index (χ0) is 12.8. The second-order valence-electron chi connectivity index (χ2n) is 3.80. The second-order valence-corrected chi connectivity index (χ2v) is 3.80. The largest absolute Gasteiger partial charge is 0.481 e. The maximum absolute atomic E-state index is 13.2. The van der Waals surface area contributed by atoms with E-state index in [1.54, 1.807) is 0 Å². The average Bonchev–Trinajstić information content (AvgIpc) is 2.20. The van der Waals surface area contributed by atoms with Crippen LogP contribution in [-0.4, -0.2) is 11.1 Å². The molecule has 0 spiro atoms. The lowest BCUT2D eigenvalue weighted by Crippen LogP contribution is -1.98. The molecule has 17 heavy (non-hydrogen) atoms. The van der Waals surface area contributed by atoms with Crippen LogP contribution in [0.4, 0.5) is 13.2 Å². The molecular weight excluding hydrogens is 233 g/mol. The van der Waals surface area contributed by atoms with Crippen molar-refractivity contribution in [1.29, 1.82) is 0 Å². The molecule has 0 aliphatic heterocycles. The number of hydrogen-bond acceptors (Lipinski definition) is 1. The van der Waals surface area contributed by atoms with Gasteiger partial charge in [0.05, 0.1) is 0 Å². The van der Waals surface area contributed by atoms with Gasteiger partial charge in [-0.25, -0.2) is 13.2 Å². The summed E-state index contributed by atoms with van der Waals surface area (Å²) in [5.41, 5.74) is -0.137. The van der Waals surface area contributed by atoms with Gasteiger partial charge in [0.25, 0.3) is 0 Å². The first-order chi connectivity index (χ1) is 8.00. The van der Waals surface area contributed by atoms with Crippen molar-refractivity contribution in [2.24, 2.45) is 0 Å². The smallest absolute Gasteiger partial charge is 0.303 e. The van der Waals surface area contributed by atoms with Crippen molar-refractivity contribution in [1.82, 2.24) is 0 Å². The van der Waals surface area contributed by atoms with E-state index in [2.05, 4.69) is 0 Å². The molecule has 0 radical (unpaired) electrons. The zero-order valence-corrected chi connectivity index (χ0v) is 9.18. The van der Waals surface area contributed by atoms with Crippen LogP contribution in [0.2, 0.25) is 0 Å². The van der Waals surface area contributed by atoms with E-state index in [4.69, 9.17) is 5.11 Å². The van der Waals surface area contributed by atoms with Crippen molar-refractivity contribution in [2.45, 2.75) is 32.1 Å². The van der Waals surface area contributed by atoms with Crippen LogP contribution in [0.15, 0.2) is 12.1 Å². The van der Waals surface area contributed by atoms with Crippen molar-refractivity contribution in [3.05, 3.63) is 35.1 Å². The highest BCUT2D eigenvalue weighted by molar-refractivity contribution is 5.66. The molecule has 0 saturated carbocycles. The monoisotopic (exact) mass is 246 g/mol. The molecule has 0 fully saturated rings. The van der Waals surface area contributed by atoms with Crippen LogP contribution >= 0.6 is 0 Å². The standard InChI is InChI=1S/C12H13F3O2/c13-8-6-10(14)9(11(15)7-8)4-2-1-3-5-12(16)17/h6-7H,1-5H2,(H,16,17). The van der Waals surface area contributed by atoms with Gasteiger partial charge in [-0.15, -0.1) is 0 Å². The SMILES string of the molecule is O=C(O)CCCCCc1c(F)cc(F)cc1F. The van der Waals surface area contributed by atoms with Crippen molar-refractivity contribution in [3.63, 3.8) is 0 Å². The lowest BCUT2D eigenvalue weighted by Gasteiger charge is -2.04. The van der Waals surface area contributed by atoms with Gasteiger partial charge in [0.2, 0.25) is 0 Å². The Bertz CT molecular complexity index is 382. The Balaban J connectivity index is 2.44. The van der Waals surface area contributed by atoms with Gasteiger partial charge in [-0.2, -0.15) is 0 Å². The number of benzene rings is 1. The zero-order valence-electron chi connectivity index (χ0n) is 9.18. The number of rotatable bonds is 6. The van der Waals surface area contributed by atoms with Crippen molar-refractivity contribution >= 4 is 5.97 Å². The summed E-state index contributed by atoms with van der Waals surface area (Å²) in [5, 5.41) is 8.39. The maximum Gasteiger partial charge on any atom is 0.303 e. The van der Waals surface area contributed by atoms with Crippen LogP contribution in [0, 0.1) is 17.5 Å². The minimum atomic E-state index is -0.936. The Kier molecular flexibility index (Phi) is 5.00. The molecule has 0 bridgehead atoms. The first-order valence-electron chi connectivity index (χ1n) is 5.36. The van der Waals surface area contributed by atoms with E-state index < -0.39 is 23.4 Å². The summed E-state index contributed by atoms with van der Waals surface area (Å²) in [6.07, 6.45) is 1.72. The quantitative estimate of drug-likeness (QED) is 0.782. The van der Waals surface area contributed by atoms with Crippen molar-refractivity contribution in [2.75, 3.05) is 0 Å². The normalized spacial score (nSPS) is 10.5. The summed E-state index contributed by atoms with van der Waals surface area (Å²) in [7, 11) is 0. The fourth-order valence-electron chi connectivity index (χ4n) is 1.57. The van der Waals surface area contributed by atoms with E-state index in [0.717, 1.165) is 0 Å². The van der Waals surface area contributed by atoms with Crippen molar-refractivity contribution < 1.29 is 23.1 Å². The van der Waals surface area contributed by atoms with Crippen LogP contribution < -0.4 is 0 Å². The predicted molar refractivity (Wildman–Crippen MR) is 56.1 cm³/mol. The Hall–Kier alpha value is -1.52. The molecule has 0 aliphatic rings. The average molecular weight is 246 g/mol. The number of carboxylic acids is 1. The lowest BCUT2D eigenvalue weighted by atomic mass is 10.0. The Labute approximate surface area is 97.1 Å². The molecule has 5 heteroatoms. The highest BCUT2D eigenvalue weighted by atomic mass is 19.1. The summed E-state index contributed by atoms with van der Waals surface area (Å²) < 4.78 is 38.9. The van der Waals surface area contributed by atoms with Gasteiger partial charge in [-0.05, 0) is 19.3 Å². The van der Waals surface area contributed by atoms with Crippen LogP contribution in [0.3, 0.4) is 0 Å². The highest BCUT2D eigenvalue weighted by Gasteiger charge is 2.10. The van der Waals surface area contributed by atoms with Gasteiger partial charge in [0.1, 0.15) is 17.5 Å². The molecule has 0 atom stereocenters. The third-order valence-electron chi connectivity index (χ3n) is 2.42. The number of unbranched alkanes of at least 4 members (excludes halogenated alkanes) is 2. The fourth-order valence-corrected chi connectivity index (χ4v) is 1.57. The summed E-state index contributed by atoms with van der Waals surface area (Å²) in [6, 6.07) is 1.30. The fraction of sp³-hybridized carbons (Fsp3) is 0.417. The highest BCUT2D eigenvalue weighted by Crippen LogP contribution is 2.17. The first kappa shape index (κ1) is 13.5. The van der Waals surface area contributed by atoms with Gasteiger partial charge in [-0.3, -0.25) is 4.79 Å². The van der Waals surface area contributed by atoms with Gasteiger partial charge in [0.15, 0.2) is 0 Å². The number of aliphatic carboxylic acids is 1. The molecule has 1 rings (SSSR count).